The van der Waals surface area contributed by atoms with E-state index in [1.165, 1.54) is 11.1 Å². The first-order valence-corrected chi connectivity index (χ1v) is 16.5. The molecule has 1 fully saturated rings. The van der Waals surface area contributed by atoms with Crippen LogP contribution in [0.3, 0.4) is 0 Å². The van der Waals surface area contributed by atoms with Gasteiger partial charge in [0.2, 0.25) is 0 Å². The van der Waals surface area contributed by atoms with Gasteiger partial charge in [-0.15, -0.1) is 0 Å². The maximum absolute atomic E-state index is 13.3. The van der Waals surface area contributed by atoms with Gasteiger partial charge in [-0.25, -0.2) is 9.97 Å². The lowest BCUT2D eigenvalue weighted by Gasteiger charge is -2.45. The molecule has 1 aromatic heterocycles. The molecule has 0 bridgehead atoms. The molecule has 246 valence electrons. The molecule has 5 N–H and O–H groups in total. The number of aromatic nitrogens is 2. The summed E-state index contributed by atoms with van der Waals surface area (Å²) in [5, 5.41) is 3.11. The number of nitrogen functional groups attached to an aromatic ring is 2. The van der Waals surface area contributed by atoms with Crippen molar-refractivity contribution < 1.29 is 18.8 Å². The lowest BCUT2D eigenvalue weighted by atomic mass is 9.99. The molecule has 0 aliphatic carbocycles. The number of anilines is 2. The topological polar surface area (TPSA) is 125 Å². The number of carbonyl (C=O) groups is 1. The average Bonchev–Trinajstić information content (AvgIpc) is 3.10. The van der Waals surface area contributed by atoms with E-state index in [0.717, 1.165) is 66.1 Å². The van der Waals surface area contributed by atoms with Gasteiger partial charge in [0, 0.05) is 11.1 Å². The Labute approximate surface area is 286 Å². The van der Waals surface area contributed by atoms with Gasteiger partial charge in [-0.2, -0.15) is 0 Å². The molecule has 10 heteroatoms. The zero-order chi connectivity index (χ0) is 33.3. The molecular formula is C38H40ClN6O3+. The Kier molecular flexibility index (Phi) is 10.4. The molecule has 1 amide bonds. The van der Waals surface area contributed by atoms with Crippen molar-refractivity contribution in [3.05, 3.63) is 142 Å². The number of hydrogen-bond acceptors (Lipinski definition) is 7. The third-order valence-corrected chi connectivity index (χ3v) is 8.91. The Morgan fingerprint density at radius 2 is 1.25 bits per heavy atom. The summed E-state index contributed by atoms with van der Waals surface area (Å²) in [4.78, 5) is 21.4. The Morgan fingerprint density at radius 1 is 0.729 bits per heavy atom. The van der Waals surface area contributed by atoms with Crippen LogP contribution in [0.2, 0.25) is 5.15 Å². The molecule has 1 atom stereocenters. The van der Waals surface area contributed by atoms with Crippen molar-refractivity contribution in [2.45, 2.75) is 45.2 Å². The minimum absolute atomic E-state index is 0.00737. The van der Waals surface area contributed by atoms with Crippen molar-refractivity contribution in [1.82, 2.24) is 15.3 Å². The summed E-state index contributed by atoms with van der Waals surface area (Å²) in [6.45, 7) is 4.28. The van der Waals surface area contributed by atoms with Crippen LogP contribution in [-0.2, 0) is 26.3 Å². The van der Waals surface area contributed by atoms with Gasteiger partial charge in [-0.1, -0.05) is 72.3 Å². The van der Waals surface area contributed by atoms with E-state index >= 15 is 0 Å². The first-order chi connectivity index (χ1) is 23.3. The summed E-state index contributed by atoms with van der Waals surface area (Å²) in [5.41, 5.74) is 16.3. The van der Waals surface area contributed by atoms with Gasteiger partial charge in [0.1, 0.15) is 37.8 Å². The van der Waals surface area contributed by atoms with E-state index in [1.807, 2.05) is 60.7 Å². The van der Waals surface area contributed by atoms with Crippen molar-refractivity contribution in [2.24, 2.45) is 0 Å². The number of nitrogens with zero attached hydrogens (tertiary/aromatic N) is 3. The zero-order valence-electron chi connectivity index (χ0n) is 26.7. The molecule has 1 aliphatic rings. The summed E-state index contributed by atoms with van der Waals surface area (Å²) in [6, 6.07) is 36.8. The highest BCUT2D eigenvalue weighted by Crippen LogP contribution is 2.29. The van der Waals surface area contributed by atoms with Crippen LogP contribution < -0.4 is 26.3 Å². The van der Waals surface area contributed by atoms with Gasteiger partial charge < -0.3 is 30.7 Å². The first kappa shape index (κ1) is 32.8. The van der Waals surface area contributed by atoms with Crippen LogP contribution in [0.25, 0.3) is 0 Å². The predicted octanol–water partition coefficient (Wildman–Crippen LogP) is 6.56. The number of halogens is 1. The molecule has 0 radical (unpaired) electrons. The third kappa shape index (κ3) is 8.61. The number of nitrogens with two attached hydrogens (primary N) is 2. The Morgan fingerprint density at radius 3 is 1.77 bits per heavy atom. The summed E-state index contributed by atoms with van der Waals surface area (Å²) in [6.07, 6.45) is 1.77. The molecule has 2 heterocycles. The summed E-state index contributed by atoms with van der Waals surface area (Å²) in [7, 11) is 0. The van der Waals surface area contributed by atoms with E-state index in [9.17, 15) is 4.79 Å². The number of piperidine rings is 1. The first-order valence-electron chi connectivity index (χ1n) is 16.1. The second-order valence-corrected chi connectivity index (χ2v) is 12.7. The Bertz CT molecular complexity index is 1720. The number of amides is 1. The highest BCUT2D eigenvalue weighted by Gasteiger charge is 2.37. The normalized spacial score (nSPS) is 15.4. The molecule has 9 nitrogen and oxygen atoms in total. The quantitative estimate of drug-likeness (QED) is 0.129. The highest BCUT2D eigenvalue weighted by atomic mass is 35.5. The van der Waals surface area contributed by atoms with Gasteiger partial charge in [0.05, 0.1) is 19.1 Å². The van der Waals surface area contributed by atoms with Crippen LogP contribution in [0.4, 0.5) is 11.6 Å². The predicted molar refractivity (Wildman–Crippen MR) is 188 cm³/mol. The lowest BCUT2D eigenvalue weighted by molar-refractivity contribution is -0.958. The Hall–Kier alpha value is -5.12. The molecule has 6 rings (SSSR count). The van der Waals surface area contributed by atoms with E-state index in [4.69, 9.17) is 32.5 Å². The monoisotopic (exact) mass is 663 g/mol. The second kappa shape index (κ2) is 15.2. The summed E-state index contributed by atoms with van der Waals surface area (Å²) in [5.74, 6) is 1.18. The molecule has 0 spiro atoms. The van der Waals surface area contributed by atoms with E-state index in [0.29, 0.717) is 13.2 Å². The van der Waals surface area contributed by atoms with Crippen molar-refractivity contribution in [1.29, 1.82) is 0 Å². The molecule has 1 saturated heterocycles. The number of nitrogens with one attached hydrogen (secondary N) is 1. The number of carbonyl (C=O) groups excluding carboxylic acids is 1. The van der Waals surface area contributed by atoms with Gasteiger partial charge in [0.25, 0.3) is 5.91 Å². The van der Waals surface area contributed by atoms with Gasteiger partial charge in [0.15, 0.2) is 22.5 Å². The molecule has 4 aromatic carbocycles. The third-order valence-electron chi connectivity index (χ3n) is 8.63. The van der Waals surface area contributed by atoms with Crippen LogP contribution in [0.5, 0.6) is 11.5 Å². The second-order valence-electron chi connectivity index (χ2n) is 12.3. The summed E-state index contributed by atoms with van der Waals surface area (Å²) >= 11 is 6.07. The van der Waals surface area contributed by atoms with Crippen molar-refractivity contribution in [2.75, 3.05) is 24.6 Å². The Balaban J connectivity index is 1.18. The van der Waals surface area contributed by atoms with E-state index in [1.54, 1.807) is 0 Å². The van der Waals surface area contributed by atoms with Crippen LogP contribution in [0, 0.1) is 0 Å². The lowest BCUT2D eigenvalue weighted by Crippen LogP contribution is -2.58. The maximum Gasteiger partial charge on any atom is 0.274 e. The minimum Gasteiger partial charge on any atom is -0.489 e. The van der Waals surface area contributed by atoms with E-state index in [-0.39, 0.29) is 28.5 Å². The smallest absolute Gasteiger partial charge is 0.274 e. The molecule has 1 unspecified atom stereocenters. The van der Waals surface area contributed by atoms with Gasteiger partial charge in [-0.3, -0.25) is 4.79 Å². The zero-order valence-corrected chi connectivity index (χ0v) is 27.5. The van der Waals surface area contributed by atoms with Crippen LogP contribution in [-0.4, -0.2) is 39.5 Å². The van der Waals surface area contributed by atoms with Crippen LogP contribution >= 0.6 is 11.6 Å². The standard InChI is InChI=1S/C38H39ClN6O3/c39-35-37(41)44-36(40)34(43-35)38(46)42-31-12-7-21-45(24-31,22-27-13-17-32(18-14-27)47-25-29-8-3-1-4-9-29)23-28-15-19-33(20-16-28)48-26-30-10-5-2-6-11-30/h1-6,8-11,13-20,31H,7,12,21-26H2,(H4-,40,41,42,44,46)/p+1. The largest absolute Gasteiger partial charge is 0.489 e. The maximum atomic E-state index is 13.3. The SMILES string of the molecule is Nc1nc(N)c(C(=O)NC2CCC[N+](Cc3ccc(OCc4ccccc4)cc3)(Cc3ccc(OCc4ccccc4)cc3)C2)nc1Cl. The van der Waals surface area contributed by atoms with Crippen LogP contribution in [0.15, 0.2) is 109 Å². The minimum atomic E-state index is -0.410. The van der Waals surface area contributed by atoms with E-state index in [2.05, 4.69) is 63.8 Å². The fourth-order valence-electron chi connectivity index (χ4n) is 6.29. The van der Waals surface area contributed by atoms with Crippen molar-refractivity contribution in [3.63, 3.8) is 0 Å². The molecule has 1 aliphatic heterocycles. The number of hydrogen-bond donors (Lipinski definition) is 3. The highest BCUT2D eigenvalue weighted by molar-refractivity contribution is 6.31. The summed E-state index contributed by atoms with van der Waals surface area (Å²) < 4.78 is 12.8. The molecular weight excluding hydrogens is 624 g/mol. The number of benzene rings is 4. The number of quaternary nitrogens is 1. The van der Waals surface area contributed by atoms with Crippen molar-refractivity contribution >= 4 is 29.1 Å². The number of rotatable bonds is 12. The molecule has 48 heavy (non-hydrogen) atoms. The van der Waals surface area contributed by atoms with Gasteiger partial charge >= 0.3 is 0 Å². The fraction of sp³-hybridized carbons (Fsp3) is 0.237. The fourth-order valence-corrected chi connectivity index (χ4v) is 6.41. The van der Waals surface area contributed by atoms with Gasteiger partial charge in [-0.05, 0) is 72.5 Å². The average molecular weight is 664 g/mol. The number of likely N-dealkylation sites (tertiary alicyclic amines) is 1. The van der Waals surface area contributed by atoms with Crippen LogP contribution in [0.1, 0.15) is 45.6 Å². The molecule has 5 aromatic rings. The number of ether oxygens (including phenoxy) is 2. The van der Waals surface area contributed by atoms with E-state index < -0.39 is 5.91 Å². The molecule has 0 saturated carbocycles. The van der Waals surface area contributed by atoms with Crippen molar-refractivity contribution in [3.8, 4) is 11.5 Å².